The fourth-order valence-electron chi connectivity index (χ4n) is 4.24. The van der Waals surface area contributed by atoms with Gasteiger partial charge in [-0.15, -0.1) is 0 Å². The highest BCUT2D eigenvalue weighted by atomic mass is 32.2. The summed E-state index contributed by atoms with van der Waals surface area (Å²) in [6.07, 6.45) is -3.72. The maximum absolute atomic E-state index is 13.6. The number of halogens is 5. The largest absolute Gasteiger partial charge is 0.488 e. The molecule has 2 unspecified atom stereocenters. The van der Waals surface area contributed by atoms with Gasteiger partial charge in [0.2, 0.25) is 10.0 Å². The molecule has 0 saturated carbocycles. The number of carbonyl (C=O) groups excluding carboxylic acids is 3. The van der Waals surface area contributed by atoms with E-state index in [1.807, 2.05) is 0 Å². The molecule has 0 aliphatic carbocycles. The minimum Gasteiger partial charge on any atom is -0.488 e. The van der Waals surface area contributed by atoms with Gasteiger partial charge in [-0.1, -0.05) is 0 Å². The number of likely N-dealkylation sites (tertiary alicyclic amines) is 1. The molecule has 4 rings (SSSR count). The number of aromatic nitrogens is 1. The summed E-state index contributed by atoms with van der Waals surface area (Å²) >= 11 is 0. The van der Waals surface area contributed by atoms with E-state index >= 15 is 0 Å². The molecule has 1 aromatic carbocycles. The third-order valence-electron chi connectivity index (χ3n) is 6.30. The van der Waals surface area contributed by atoms with Crippen molar-refractivity contribution in [3.8, 4) is 5.75 Å². The summed E-state index contributed by atoms with van der Waals surface area (Å²) in [6, 6.07) is 0.347. The van der Waals surface area contributed by atoms with Crippen LogP contribution in [0.5, 0.6) is 5.75 Å². The first kappa shape index (κ1) is 28.3. The lowest BCUT2D eigenvalue weighted by molar-refractivity contribution is -0.162. The Labute approximate surface area is 218 Å². The fraction of sp³-hybridized carbons (Fsp3) is 0.409. The Balaban J connectivity index is 1.54. The molecule has 0 radical (unpaired) electrons. The number of sulfonamides is 1. The molecule has 3 N–H and O–H groups in total. The number of rotatable bonds is 3. The number of hydrogen-bond donors (Lipinski definition) is 3. The zero-order chi connectivity index (χ0) is 28.9. The SMILES string of the molecule is CC(NC(=O)C(=O)N1CCC2(COc3c(cn(C)c3C(=O)Nc3ccc(F)c(F)c3)S(=O)(=O)N2)C1)C(F)(F)F. The number of hydrogen-bond acceptors (Lipinski definition) is 6. The van der Waals surface area contributed by atoms with Gasteiger partial charge in [-0.2, -0.15) is 17.9 Å². The van der Waals surface area contributed by atoms with Crippen molar-refractivity contribution < 1.29 is 49.5 Å². The number of ether oxygens (including phenoxy) is 1. The molecular weight excluding hydrogens is 557 g/mol. The average molecular weight is 580 g/mol. The van der Waals surface area contributed by atoms with Crippen molar-refractivity contribution in [2.24, 2.45) is 7.05 Å². The Morgan fingerprint density at radius 2 is 1.87 bits per heavy atom. The van der Waals surface area contributed by atoms with Gasteiger partial charge in [-0.25, -0.2) is 17.2 Å². The standard InChI is InChI=1S/C22H22F5N5O6S/c1-11(22(25,26)27)28-19(34)20(35)32-6-5-21(9-32)10-38-17-15(39(36,37)30-21)8-31(2)16(17)18(33)29-12-3-4-13(23)14(24)7-12/h3-4,7-8,11,30H,5-6,9-10H2,1-2H3,(H,28,34)(H,29,33). The maximum atomic E-state index is 13.6. The number of anilines is 1. The van der Waals surface area contributed by atoms with Crippen molar-refractivity contribution in [2.45, 2.75) is 36.0 Å². The predicted molar refractivity (Wildman–Crippen MR) is 123 cm³/mol. The molecule has 1 fully saturated rings. The molecule has 2 aromatic rings. The van der Waals surface area contributed by atoms with E-state index in [0.29, 0.717) is 6.92 Å². The van der Waals surface area contributed by atoms with E-state index in [9.17, 15) is 44.8 Å². The van der Waals surface area contributed by atoms with Crippen LogP contribution in [-0.2, 0) is 26.7 Å². The molecule has 1 saturated heterocycles. The third-order valence-corrected chi connectivity index (χ3v) is 7.87. The highest BCUT2D eigenvalue weighted by Gasteiger charge is 2.49. The van der Waals surface area contributed by atoms with Crippen LogP contribution in [0.3, 0.4) is 0 Å². The van der Waals surface area contributed by atoms with Crippen molar-refractivity contribution in [2.75, 3.05) is 25.0 Å². The van der Waals surface area contributed by atoms with Gasteiger partial charge in [-0.05, 0) is 25.5 Å². The molecular formula is C22H22F5N5O6S. The van der Waals surface area contributed by atoms with Gasteiger partial charge in [0.25, 0.3) is 5.91 Å². The minimum absolute atomic E-state index is 0.0488. The van der Waals surface area contributed by atoms with E-state index in [1.165, 1.54) is 7.05 Å². The lowest BCUT2D eigenvalue weighted by atomic mass is 10.0. The van der Waals surface area contributed by atoms with Crippen LogP contribution in [0, 0.1) is 11.6 Å². The number of nitrogens with one attached hydrogen (secondary N) is 3. The number of aryl methyl sites for hydroxylation is 1. The van der Waals surface area contributed by atoms with Gasteiger partial charge < -0.3 is 24.8 Å². The van der Waals surface area contributed by atoms with Crippen LogP contribution in [0.4, 0.5) is 27.6 Å². The first-order valence-electron chi connectivity index (χ1n) is 11.3. The zero-order valence-electron chi connectivity index (χ0n) is 20.4. The molecule has 2 aliphatic rings. The molecule has 0 bridgehead atoms. The van der Waals surface area contributed by atoms with Gasteiger partial charge in [0.1, 0.15) is 17.5 Å². The molecule has 1 aromatic heterocycles. The lowest BCUT2D eigenvalue weighted by Crippen LogP contribution is -2.55. The molecule has 2 atom stereocenters. The minimum atomic E-state index is -4.77. The molecule has 212 valence electrons. The van der Waals surface area contributed by atoms with E-state index in [2.05, 4.69) is 10.0 Å². The second kappa shape index (κ2) is 9.78. The number of amides is 3. The van der Waals surface area contributed by atoms with Crippen LogP contribution in [0.15, 0.2) is 29.3 Å². The molecule has 2 aliphatic heterocycles. The third kappa shape index (κ3) is 5.54. The summed E-state index contributed by atoms with van der Waals surface area (Å²) in [7, 11) is -3.01. The second-order valence-corrected chi connectivity index (χ2v) is 10.9. The molecule has 3 heterocycles. The monoisotopic (exact) mass is 579 g/mol. The molecule has 11 nitrogen and oxygen atoms in total. The van der Waals surface area contributed by atoms with Crippen molar-refractivity contribution in [1.82, 2.24) is 19.5 Å². The van der Waals surface area contributed by atoms with Gasteiger partial charge >= 0.3 is 18.0 Å². The van der Waals surface area contributed by atoms with Crippen molar-refractivity contribution >= 4 is 33.4 Å². The smallest absolute Gasteiger partial charge is 0.408 e. The first-order valence-corrected chi connectivity index (χ1v) is 12.8. The molecule has 1 spiro atoms. The fourth-order valence-corrected chi connectivity index (χ4v) is 5.85. The van der Waals surface area contributed by atoms with Crippen molar-refractivity contribution in [3.63, 3.8) is 0 Å². The van der Waals surface area contributed by atoms with Gasteiger partial charge in [0.05, 0.1) is 5.54 Å². The summed E-state index contributed by atoms with van der Waals surface area (Å²) in [6.45, 7) is -0.299. The van der Waals surface area contributed by atoms with Crippen molar-refractivity contribution in [3.05, 3.63) is 41.7 Å². The van der Waals surface area contributed by atoms with E-state index in [4.69, 9.17) is 4.74 Å². The number of fused-ring (bicyclic) bond motifs is 1. The van der Waals surface area contributed by atoms with E-state index in [1.54, 1.807) is 5.32 Å². The Kier molecular flexibility index (Phi) is 7.09. The summed E-state index contributed by atoms with van der Waals surface area (Å²) in [4.78, 5) is 38.0. The quantitative estimate of drug-likeness (QED) is 0.370. The van der Waals surface area contributed by atoms with Crippen LogP contribution in [0.2, 0.25) is 0 Å². The zero-order valence-corrected chi connectivity index (χ0v) is 21.2. The Morgan fingerprint density at radius 1 is 1.18 bits per heavy atom. The summed E-state index contributed by atoms with van der Waals surface area (Å²) in [5.74, 6) is -6.38. The highest BCUT2D eigenvalue weighted by Crippen LogP contribution is 2.37. The first-order chi connectivity index (χ1) is 18.0. The number of alkyl halides is 3. The van der Waals surface area contributed by atoms with Crippen LogP contribution in [0.1, 0.15) is 23.8 Å². The van der Waals surface area contributed by atoms with Gasteiger partial charge in [0, 0.05) is 38.1 Å². The van der Waals surface area contributed by atoms with Crippen LogP contribution < -0.4 is 20.1 Å². The normalized spacial score (nSPS) is 21.1. The van der Waals surface area contributed by atoms with Crippen LogP contribution >= 0.6 is 0 Å². The van der Waals surface area contributed by atoms with Crippen LogP contribution in [0.25, 0.3) is 0 Å². The molecule has 3 amide bonds. The summed E-state index contributed by atoms with van der Waals surface area (Å²) in [5.41, 5.74) is -1.82. The Morgan fingerprint density at radius 3 is 2.51 bits per heavy atom. The summed E-state index contributed by atoms with van der Waals surface area (Å²) < 4.78 is 101. The topological polar surface area (TPSA) is 139 Å². The van der Waals surface area contributed by atoms with Crippen LogP contribution in [-0.4, -0.2) is 73.1 Å². The number of benzene rings is 1. The second-order valence-electron chi connectivity index (χ2n) is 9.25. The summed E-state index contributed by atoms with van der Waals surface area (Å²) in [5, 5.41) is 3.90. The highest BCUT2D eigenvalue weighted by molar-refractivity contribution is 7.89. The number of carbonyl (C=O) groups is 3. The van der Waals surface area contributed by atoms with Gasteiger partial charge in [0.15, 0.2) is 23.1 Å². The maximum Gasteiger partial charge on any atom is 0.408 e. The predicted octanol–water partition coefficient (Wildman–Crippen LogP) is 1.26. The molecule has 17 heteroatoms. The van der Waals surface area contributed by atoms with E-state index in [-0.39, 0.29) is 30.1 Å². The van der Waals surface area contributed by atoms with E-state index in [0.717, 1.165) is 33.9 Å². The van der Waals surface area contributed by atoms with E-state index < -0.39 is 75.2 Å². The van der Waals surface area contributed by atoms with Crippen molar-refractivity contribution in [1.29, 1.82) is 0 Å². The number of nitrogens with zero attached hydrogens (tertiary/aromatic N) is 2. The Bertz CT molecular complexity index is 1460. The lowest BCUT2D eigenvalue weighted by Gasteiger charge is -2.27. The Hall–Kier alpha value is -3.73. The average Bonchev–Trinajstić information content (AvgIpc) is 3.37. The van der Waals surface area contributed by atoms with Gasteiger partial charge in [-0.3, -0.25) is 14.4 Å². The molecule has 39 heavy (non-hydrogen) atoms.